The highest BCUT2D eigenvalue weighted by Gasteiger charge is 2.34. The quantitative estimate of drug-likeness (QED) is 0.606. The molecule has 2 heterocycles. The van der Waals surface area contributed by atoms with Crippen molar-refractivity contribution in [2.75, 3.05) is 39.3 Å². The molecule has 2 aliphatic rings. The predicted molar refractivity (Wildman–Crippen MR) is 84.1 cm³/mol. The second-order valence-corrected chi connectivity index (χ2v) is 6.82. The van der Waals surface area contributed by atoms with Crippen LogP contribution in [0.4, 0.5) is 0 Å². The summed E-state index contributed by atoms with van der Waals surface area (Å²) < 4.78 is 0. The molecule has 1 amide bonds. The van der Waals surface area contributed by atoms with E-state index in [-0.39, 0.29) is 17.9 Å². The number of amides is 1. The zero-order valence-corrected chi connectivity index (χ0v) is 13.4. The number of nitrogens with zero attached hydrogens (tertiary/aromatic N) is 1. The second kappa shape index (κ2) is 8.11. The van der Waals surface area contributed by atoms with E-state index in [2.05, 4.69) is 22.5 Å². The van der Waals surface area contributed by atoms with E-state index in [9.17, 15) is 9.90 Å². The number of aliphatic hydroxyl groups excluding tert-OH is 1. The molecule has 0 bridgehead atoms. The van der Waals surface area contributed by atoms with E-state index in [1.165, 1.54) is 6.42 Å². The van der Waals surface area contributed by atoms with Crippen molar-refractivity contribution < 1.29 is 9.90 Å². The molecule has 21 heavy (non-hydrogen) atoms. The summed E-state index contributed by atoms with van der Waals surface area (Å²) in [5.74, 6) is 0.198. The first-order valence-corrected chi connectivity index (χ1v) is 8.50. The lowest BCUT2D eigenvalue weighted by Crippen LogP contribution is -2.48. The van der Waals surface area contributed by atoms with Gasteiger partial charge in [-0.05, 0) is 65.1 Å². The average Bonchev–Trinajstić information content (AvgIpc) is 2.95. The Morgan fingerprint density at radius 1 is 1.43 bits per heavy atom. The van der Waals surface area contributed by atoms with Crippen molar-refractivity contribution in [3.8, 4) is 0 Å². The number of carbonyl (C=O) groups excluding carboxylic acids is 1. The largest absolute Gasteiger partial charge is 0.395 e. The van der Waals surface area contributed by atoms with Crippen LogP contribution in [0.15, 0.2) is 0 Å². The van der Waals surface area contributed by atoms with Gasteiger partial charge in [0, 0.05) is 19.1 Å². The zero-order valence-electron chi connectivity index (χ0n) is 13.4. The Hall–Kier alpha value is -0.650. The summed E-state index contributed by atoms with van der Waals surface area (Å²) in [7, 11) is 0. The maximum absolute atomic E-state index is 12.2. The van der Waals surface area contributed by atoms with Crippen LogP contribution in [-0.2, 0) is 4.79 Å². The maximum atomic E-state index is 12.2. The van der Waals surface area contributed by atoms with E-state index < -0.39 is 0 Å². The van der Waals surface area contributed by atoms with Crippen LogP contribution >= 0.6 is 0 Å². The number of piperidine rings is 1. The lowest BCUT2D eigenvalue weighted by molar-refractivity contribution is -0.131. The van der Waals surface area contributed by atoms with Crippen LogP contribution in [0.25, 0.3) is 0 Å². The van der Waals surface area contributed by atoms with E-state index >= 15 is 0 Å². The number of unbranched alkanes of at least 4 members (excludes halogenated alkanes) is 1. The number of aliphatic hydroxyl groups is 1. The summed E-state index contributed by atoms with van der Waals surface area (Å²) >= 11 is 0. The Labute approximate surface area is 128 Å². The highest BCUT2D eigenvalue weighted by Crippen LogP contribution is 2.25. The van der Waals surface area contributed by atoms with E-state index in [0.717, 1.165) is 64.8 Å². The monoisotopic (exact) mass is 297 g/mol. The van der Waals surface area contributed by atoms with Crippen LogP contribution in [0, 0.1) is 5.41 Å². The maximum Gasteiger partial charge on any atom is 0.227 e. The minimum absolute atomic E-state index is 0.198. The van der Waals surface area contributed by atoms with Gasteiger partial charge in [0.1, 0.15) is 0 Å². The number of carbonyl (C=O) groups is 1. The Morgan fingerprint density at radius 3 is 3.00 bits per heavy atom. The summed E-state index contributed by atoms with van der Waals surface area (Å²) in [6.07, 6.45) is 6.50. The molecule has 122 valence electrons. The minimum Gasteiger partial charge on any atom is -0.395 e. The minimum atomic E-state index is -0.227. The first kappa shape index (κ1) is 16.7. The first-order valence-electron chi connectivity index (χ1n) is 8.50. The van der Waals surface area contributed by atoms with Gasteiger partial charge in [-0.25, -0.2) is 0 Å². The summed E-state index contributed by atoms with van der Waals surface area (Å²) in [4.78, 5) is 14.6. The molecule has 5 nitrogen and oxygen atoms in total. The van der Waals surface area contributed by atoms with Gasteiger partial charge in [0.05, 0.1) is 12.0 Å². The topological polar surface area (TPSA) is 64.6 Å². The summed E-state index contributed by atoms with van der Waals surface area (Å²) in [5, 5.41) is 15.7. The van der Waals surface area contributed by atoms with Crippen LogP contribution in [0.3, 0.4) is 0 Å². The Bertz CT molecular complexity index is 329. The normalized spacial score (nSPS) is 30.5. The van der Waals surface area contributed by atoms with Crippen LogP contribution in [0.1, 0.15) is 45.4 Å². The van der Waals surface area contributed by atoms with Gasteiger partial charge in [-0.1, -0.05) is 0 Å². The molecule has 2 saturated heterocycles. The van der Waals surface area contributed by atoms with Crippen molar-refractivity contribution in [3.05, 3.63) is 0 Å². The van der Waals surface area contributed by atoms with Crippen LogP contribution < -0.4 is 10.6 Å². The fourth-order valence-electron chi connectivity index (χ4n) is 3.50. The molecule has 2 atom stereocenters. The molecule has 3 N–H and O–H groups in total. The lowest BCUT2D eigenvalue weighted by atomic mass is 9.82. The fourth-order valence-corrected chi connectivity index (χ4v) is 3.50. The third-order valence-electron chi connectivity index (χ3n) is 5.01. The van der Waals surface area contributed by atoms with E-state index in [4.69, 9.17) is 0 Å². The first-order chi connectivity index (χ1) is 10.2. The molecule has 0 radical (unpaired) electrons. The molecule has 0 saturated carbocycles. The predicted octanol–water partition coefficient (Wildman–Crippen LogP) is 0.729. The molecule has 0 spiro atoms. The Balaban J connectivity index is 1.58. The van der Waals surface area contributed by atoms with Gasteiger partial charge in [-0.2, -0.15) is 0 Å². The molecule has 2 unspecified atom stereocenters. The van der Waals surface area contributed by atoms with Crippen molar-refractivity contribution in [2.45, 2.75) is 51.5 Å². The molecule has 0 aliphatic carbocycles. The Morgan fingerprint density at radius 2 is 2.29 bits per heavy atom. The van der Waals surface area contributed by atoms with Gasteiger partial charge in [-0.3, -0.25) is 9.69 Å². The van der Waals surface area contributed by atoms with Crippen molar-refractivity contribution in [1.29, 1.82) is 0 Å². The summed E-state index contributed by atoms with van der Waals surface area (Å²) in [6.45, 7) is 7.09. The highest BCUT2D eigenvalue weighted by molar-refractivity contribution is 5.82. The molecule has 0 aromatic rings. The molecule has 2 fully saturated rings. The summed E-state index contributed by atoms with van der Waals surface area (Å²) in [6, 6.07) is 0.367. The van der Waals surface area contributed by atoms with Crippen molar-refractivity contribution >= 4 is 5.91 Å². The third-order valence-corrected chi connectivity index (χ3v) is 5.01. The van der Waals surface area contributed by atoms with E-state index in [1.54, 1.807) is 0 Å². The van der Waals surface area contributed by atoms with E-state index in [0.29, 0.717) is 6.04 Å². The zero-order chi connectivity index (χ0) is 15.1. The molecular weight excluding hydrogens is 266 g/mol. The van der Waals surface area contributed by atoms with Crippen molar-refractivity contribution in [2.24, 2.45) is 5.41 Å². The van der Waals surface area contributed by atoms with Gasteiger partial charge < -0.3 is 15.7 Å². The van der Waals surface area contributed by atoms with Crippen molar-refractivity contribution in [3.63, 3.8) is 0 Å². The molecule has 2 aliphatic heterocycles. The average molecular weight is 297 g/mol. The standard InChI is InChI=1S/C16H31N3O2/c1-16(7-5-8-17-13-16)15(21)18-9-2-3-10-19-11-4-6-14(19)12-20/h14,17,20H,2-13H2,1H3,(H,18,21). The van der Waals surface area contributed by atoms with Gasteiger partial charge >= 0.3 is 0 Å². The third kappa shape index (κ3) is 4.66. The number of hydrogen-bond acceptors (Lipinski definition) is 4. The molecule has 0 aromatic heterocycles. The van der Waals surface area contributed by atoms with Crippen LogP contribution in [0.5, 0.6) is 0 Å². The van der Waals surface area contributed by atoms with Crippen LogP contribution in [-0.4, -0.2) is 61.3 Å². The molecule has 5 heteroatoms. The fraction of sp³-hybridized carbons (Fsp3) is 0.938. The lowest BCUT2D eigenvalue weighted by Gasteiger charge is -2.32. The number of rotatable bonds is 7. The van der Waals surface area contributed by atoms with E-state index in [1.807, 2.05) is 0 Å². The smallest absolute Gasteiger partial charge is 0.227 e. The summed E-state index contributed by atoms with van der Waals surface area (Å²) in [5.41, 5.74) is -0.227. The van der Waals surface area contributed by atoms with Gasteiger partial charge in [0.15, 0.2) is 0 Å². The van der Waals surface area contributed by atoms with Crippen LogP contribution in [0.2, 0.25) is 0 Å². The number of likely N-dealkylation sites (tertiary alicyclic amines) is 1. The van der Waals surface area contributed by atoms with Gasteiger partial charge in [0.2, 0.25) is 5.91 Å². The van der Waals surface area contributed by atoms with Crippen molar-refractivity contribution in [1.82, 2.24) is 15.5 Å². The molecular formula is C16H31N3O2. The number of nitrogens with one attached hydrogen (secondary N) is 2. The highest BCUT2D eigenvalue weighted by atomic mass is 16.3. The van der Waals surface area contributed by atoms with Gasteiger partial charge in [-0.15, -0.1) is 0 Å². The second-order valence-electron chi connectivity index (χ2n) is 6.82. The SMILES string of the molecule is CC1(C(=O)NCCCCN2CCCC2CO)CCCNC1. The Kier molecular flexibility index (Phi) is 6.45. The number of hydrogen-bond donors (Lipinski definition) is 3. The molecule has 0 aromatic carbocycles. The molecule has 2 rings (SSSR count). The van der Waals surface area contributed by atoms with Gasteiger partial charge in [0.25, 0.3) is 0 Å².